The Hall–Kier alpha value is -3.78. The summed E-state index contributed by atoms with van der Waals surface area (Å²) in [4.78, 5) is 6.95. The maximum absolute atomic E-state index is 6.53. The zero-order valence-corrected chi connectivity index (χ0v) is 28.4. The van der Waals surface area contributed by atoms with Gasteiger partial charge in [-0.15, -0.1) is 0 Å². The van der Waals surface area contributed by atoms with Crippen molar-refractivity contribution in [2.75, 3.05) is 93.6 Å². The second-order valence-electron chi connectivity index (χ2n) is 14.1. The van der Waals surface area contributed by atoms with Gasteiger partial charge in [-0.25, -0.2) is 0 Å². The second kappa shape index (κ2) is 13.7. The molecule has 6 saturated heterocycles. The minimum atomic E-state index is -1.49. The first kappa shape index (κ1) is 32.1. The molecular formula is C38H45N3O9. The lowest BCUT2D eigenvalue weighted by Crippen LogP contribution is -2.45. The van der Waals surface area contributed by atoms with Crippen LogP contribution in [0.1, 0.15) is 6.92 Å². The molecule has 266 valence electrons. The maximum atomic E-state index is 6.53. The van der Waals surface area contributed by atoms with Crippen LogP contribution in [0.3, 0.4) is 0 Å². The van der Waals surface area contributed by atoms with Crippen LogP contribution in [0.25, 0.3) is 0 Å². The quantitative estimate of drug-likeness (QED) is 0.120. The van der Waals surface area contributed by atoms with Gasteiger partial charge in [-0.2, -0.15) is 0 Å². The molecule has 0 N–H and O–H groups in total. The molecule has 3 aromatic rings. The molecule has 50 heavy (non-hydrogen) atoms. The molecule has 0 amide bonds. The fourth-order valence-corrected chi connectivity index (χ4v) is 6.25. The molecule has 0 radical (unpaired) electrons. The smallest absolute Gasteiger partial charge is 0.414 e. The molecule has 6 aliphatic rings. The van der Waals surface area contributed by atoms with Crippen LogP contribution in [-0.4, -0.2) is 122 Å². The molecule has 6 heterocycles. The van der Waals surface area contributed by atoms with Gasteiger partial charge >= 0.3 is 5.97 Å². The molecule has 9 rings (SSSR count). The molecule has 12 heteroatoms. The van der Waals surface area contributed by atoms with Gasteiger partial charge in [-0.1, -0.05) is 0 Å². The number of benzene rings is 3. The molecule has 6 aliphatic heterocycles. The minimum absolute atomic E-state index is 0.278. The van der Waals surface area contributed by atoms with Crippen molar-refractivity contribution >= 4 is 17.1 Å². The number of rotatable bonds is 21. The lowest BCUT2D eigenvalue weighted by Gasteiger charge is -2.32. The second-order valence-corrected chi connectivity index (χ2v) is 14.1. The van der Waals surface area contributed by atoms with Gasteiger partial charge in [0.1, 0.15) is 17.2 Å². The molecule has 3 aromatic carbocycles. The summed E-state index contributed by atoms with van der Waals surface area (Å²) in [5.41, 5.74) is 3.27. The van der Waals surface area contributed by atoms with Gasteiger partial charge in [0.05, 0.1) is 83.2 Å². The van der Waals surface area contributed by atoms with E-state index < -0.39 is 5.97 Å². The van der Waals surface area contributed by atoms with E-state index >= 15 is 0 Å². The third-order valence-corrected chi connectivity index (χ3v) is 9.47. The van der Waals surface area contributed by atoms with Crippen LogP contribution in [0.5, 0.6) is 17.2 Å². The van der Waals surface area contributed by atoms with Crippen molar-refractivity contribution in [2.24, 2.45) is 0 Å². The lowest BCUT2D eigenvalue weighted by atomic mass is 10.2. The molecule has 6 unspecified atom stereocenters. The van der Waals surface area contributed by atoms with Crippen molar-refractivity contribution in [1.82, 2.24) is 0 Å². The first-order valence-corrected chi connectivity index (χ1v) is 17.8. The topological polar surface area (TPSA) is 113 Å². The van der Waals surface area contributed by atoms with E-state index in [1.165, 1.54) is 0 Å². The van der Waals surface area contributed by atoms with Gasteiger partial charge in [0.25, 0.3) is 0 Å². The SMILES string of the molecule is CC(Oc1ccc(N(CC2CO2)CC2CO2)cc1)(Oc1ccc(N(CC2CO2)CC2CO2)cc1)Oc1ccc(N(CC2CO2)CC2CO2)cc1. The molecule has 0 spiro atoms. The molecule has 0 bridgehead atoms. The van der Waals surface area contributed by atoms with Crippen molar-refractivity contribution in [3.8, 4) is 17.2 Å². The van der Waals surface area contributed by atoms with Crippen LogP contribution in [0.2, 0.25) is 0 Å². The first-order chi connectivity index (χ1) is 24.5. The van der Waals surface area contributed by atoms with Crippen molar-refractivity contribution in [2.45, 2.75) is 49.5 Å². The van der Waals surface area contributed by atoms with E-state index in [0.29, 0.717) is 17.2 Å². The van der Waals surface area contributed by atoms with Crippen LogP contribution in [0.15, 0.2) is 72.8 Å². The van der Waals surface area contributed by atoms with E-state index in [1.807, 2.05) is 36.4 Å². The Kier molecular flexibility index (Phi) is 8.83. The average Bonchev–Trinajstić information content (AvgIpc) is 3.89. The Morgan fingerprint density at radius 3 is 0.800 bits per heavy atom. The maximum Gasteiger partial charge on any atom is 0.414 e. The Balaban J connectivity index is 0.923. The average molecular weight is 688 g/mol. The summed E-state index contributed by atoms with van der Waals surface area (Å²) < 4.78 is 52.7. The number of ether oxygens (including phenoxy) is 9. The van der Waals surface area contributed by atoms with Gasteiger partial charge in [0, 0.05) is 56.3 Å². The van der Waals surface area contributed by atoms with E-state index in [0.717, 1.165) is 96.0 Å². The molecular weight excluding hydrogens is 642 g/mol. The summed E-state index contributed by atoms with van der Waals surface area (Å²) in [6.07, 6.45) is 1.67. The number of nitrogens with zero attached hydrogens (tertiary/aromatic N) is 3. The van der Waals surface area contributed by atoms with E-state index in [2.05, 4.69) is 51.1 Å². The zero-order chi connectivity index (χ0) is 33.5. The standard InChI is InChI=1S/C38H45N3O9/c1-38(48-29-8-2-26(3-9-29)39(14-32-20-42-32)15-33-21-43-33,49-30-10-4-27(5-11-30)40(16-34-22-44-34)17-35-23-45-35)50-31-12-6-28(7-13-31)41(18-36-24-46-36)19-37-25-47-37/h2-13,32-37H,14-25H2,1H3. The Morgan fingerprint density at radius 1 is 0.420 bits per heavy atom. The zero-order valence-electron chi connectivity index (χ0n) is 28.4. The number of hydrogen-bond donors (Lipinski definition) is 0. The fourth-order valence-electron chi connectivity index (χ4n) is 6.25. The minimum Gasteiger partial charge on any atom is -0.421 e. The van der Waals surface area contributed by atoms with Crippen molar-refractivity contribution < 1.29 is 42.6 Å². The summed E-state index contributed by atoms with van der Waals surface area (Å²) in [5.74, 6) is 0.375. The van der Waals surface area contributed by atoms with Crippen LogP contribution >= 0.6 is 0 Å². The molecule has 0 aliphatic carbocycles. The van der Waals surface area contributed by atoms with Crippen LogP contribution in [0.4, 0.5) is 17.1 Å². The highest BCUT2D eigenvalue weighted by atomic mass is 16.9. The van der Waals surface area contributed by atoms with Gasteiger partial charge < -0.3 is 57.3 Å². The van der Waals surface area contributed by atoms with Gasteiger partial charge in [0.2, 0.25) is 0 Å². The van der Waals surface area contributed by atoms with Crippen molar-refractivity contribution in [3.63, 3.8) is 0 Å². The summed E-state index contributed by atoms with van der Waals surface area (Å²) in [7, 11) is 0. The van der Waals surface area contributed by atoms with Gasteiger partial charge in [-0.05, 0) is 72.8 Å². The lowest BCUT2D eigenvalue weighted by molar-refractivity contribution is -0.238. The highest BCUT2D eigenvalue weighted by molar-refractivity contribution is 5.52. The monoisotopic (exact) mass is 687 g/mol. The van der Waals surface area contributed by atoms with Crippen LogP contribution in [-0.2, 0) is 28.4 Å². The highest BCUT2D eigenvalue weighted by Gasteiger charge is 2.36. The number of hydrogen-bond acceptors (Lipinski definition) is 12. The molecule has 6 fully saturated rings. The Morgan fingerprint density at radius 2 is 0.620 bits per heavy atom. The fraction of sp³-hybridized carbons (Fsp3) is 0.526. The number of epoxide rings is 6. The Labute approximate surface area is 292 Å². The van der Waals surface area contributed by atoms with Crippen LogP contribution in [0, 0.1) is 0 Å². The highest BCUT2D eigenvalue weighted by Crippen LogP contribution is 2.32. The van der Waals surface area contributed by atoms with E-state index in [4.69, 9.17) is 42.6 Å². The van der Waals surface area contributed by atoms with Gasteiger partial charge in [0.15, 0.2) is 0 Å². The third-order valence-electron chi connectivity index (χ3n) is 9.47. The summed E-state index contributed by atoms with van der Waals surface area (Å²) >= 11 is 0. The van der Waals surface area contributed by atoms with E-state index in [1.54, 1.807) is 6.92 Å². The summed E-state index contributed by atoms with van der Waals surface area (Å²) in [6, 6.07) is 24.1. The first-order valence-electron chi connectivity index (χ1n) is 17.8. The van der Waals surface area contributed by atoms with Crippen molar-refractivity contribution in [1.29, 1.82) is 0 Å². The normalized spacial score (nSPS) is 27.8. The molecule has 6 atom stereocenters. The predicted octanol–water partition coefficient (Wildman–Crippen LogP) is 3.71. The van der Waals surface area contributed by atoms with E-state index in [9.17, 15) is 0 Å². The van der Waals surface area contributed by atoms with E-state index in [-0.39, 0.29) is 36.6 Å². The predicted molar refractivity (Wildman–Crippen MR) is 185 cm³/mol. The Bertz CT molecular complexity index is 1340. The molecule has 12 nitrogen and oxygen atoms in total. The summed E-state index contributed by atoms with van der Waals surface area (Å²) in [5, 5.41) is 0. The largest absolute Gasteiger partial charge is 0.421 e. The number of anilines is 3. The van der Waals surface area contributed by atoms with Crippen LogP contribution < -0.4 is 28.9 Å². The molecule has 0 saturated carbocycles. The molecule has 0 aromatic heterocycles. The third kappa shape index (κ3) is 9.11. The van der Waals surface area contributed by atoms with Crippen molar-refractivity contribution in [3.05, 3.63) is 72.8 Å². The van der Waals surface area contributed by atoms with Gasteiger partial charge in [-0.3, -0.25) is 0 Å². The summed E-state index contributed by atoms with van der Waals surface area (Å²) in [6.45, 7) is 11.7.